The molecule has 0 radical (unpaired) electrons. The molecule has 7 heteroatoms. The number of aromatic nitrogens is 2. The summed E-state index contributed by atoms with van der Waals surface area (Å²) in [6.45, 7) is 8.03. The van der Waals surface area contributed by atoms with Crippen LogP contribution >= 0.6 is 0 Å². The number of rotatable bonds is 6. The lowest BCUT2D eigenvalue weighted by Gasteiger charge is -2.32. The Labute approximate surface area is 177 Å². The fourth-order valence-electron chi connectivity index (χ4n) is 3.97. The number of carbonyl (C=O) groups excluding carboxylic acids is 2. The predicted molar refractivity (Wildman–Crippen MR) is 115 cm³/mol. The van der Waals surface area contributed by atoms with Crippen LogP contribution in [-0.2, 0) is 9.53 Å². The van der Waals surface area contributed by atoms with Gasteiger partial charge in [-0.25, -0.2) is 9.48 Å². The lowest BCUT2D eigenvalue weighted by atomic mass is 9.82. The Kier molecular flexibility index (Phi) is 6.80. The van der Waals surface area contributed by atoms with Crippen LogP contribution in [0.1, 0.15) is 63.7 Å². The molecule has 0 saturated heterocycles. The Balaban J connectivity index is 2.03. The molecule has 7 nitrogen and oxygen atoms in total. The lowest BCUT2D eigenvalue weighted by Crippen LogP contribution is -2.43. The summed E-state index contributed by atoms with van der Waals surface area (Å²) in [6.07, 6.45) is 5.33. The van der Waals surface area contributed by atoms with Crippen molar-refractivity contribution in [3.05, 3.63) is 36.0 Å². The SMILES string of the molecule is CCOC(=O)c1cn(-c2cccc(O)c2)nc1N(C(=O)[C@H]1CC[C@H](C)CC1)C(C)C. The molecule has 0 unspecified atom stereocenters. The molecule has 1 aliphatic carbocycles. The van der Waals surface area contributed by atoms with Crippen molar-refractivity contribution in [3.63, 3.8) is 0 Å². The maximum Gasteiger partial charge on any atom is 0.343 e. The Hall–Kier alpha value is -2.83. The van der Waals surface area contributed by atoms with E-state index in [1.807, 2.05) is 13.8 Å². The van der Waals surface area contributed by atoms with E-state index in [1.165, 1.54) is 4.68 Å². The fourth-order valence-corrected chi connectivity index (χ4v) is 3.97. The lowest BCUT2D eigenvalue weighted by molar-refractivity contribution is -0.124. The molecule has 0 bridgehead atoms. The number of carbonyl (C=O) groups is 2. The van der Waals surface area contributed by atoms with Gasteiger partial charge in [0.1, 0.15) is 11.3 Å². The number of hydrogen-bond donors (Lipinski definition) is 1. The average Bonchev–Trinajstić information content (AvgIpc) is 3.13. The number of anilines is 1. The summed E-state index contributed by atoms with van der Waals surface area (Å²) in [4.78, 5) is 27.8. The van der Waals surface area contributed by atoms with Gasteiger partial charge in [0.2, 0.25) is 5.91 Å². The van der Waals surface area contributed by atoms with Gasteiger partial charge < -0.3 is 9.84 Å². The van der Waals surface area contributed by atoms with Gasteiger partial charge in [-0.05, 0) is 64.5 Å². The second kappa shape index (κ2) is 9.32. The molecule has 0 aliphatic heterocycles. The number of amides is 1. The van der Waals surface area contributed by atoms with Crippen molar-refractivity contribution in [2.24, 2.45) is 11.8 Å². The molecule has 3 rings (SSSR count). The zero-order valence-corrected chi connectivity index (χ0v) is 18.2. The van der Waals surface area contributed by atoms with Gasteiger partial charge in [0, 0.05) is 24.2 Å². The highest BCUT2D eigenvalue weighted by Gasteiger charge is 2.34. The van der Waals surface area contributed by atoms with Crippen molar-refractivity contribution >= 4 is 17.7 Å². The third-order valence-corrected chi connectivity index (χ3v) is 5.63. The normalized spacial score (nSPS) is 19.0. The van der Waals surface area contributed by atoms with E-state index in [-0.39, 0.29) is 35.8 Å². The number of hydrogen-bond acceptors (Lipinski definition) is 5. The highest BCUT2D eigenvalue weighted by molar-refractivity contribution is 6.02. The van der Waals surface area contributed by atoms with Crippen molar-refractivity contribution < 1.29 is 19.4 Å². The van der Waals surface area contributed by atoms with E-state index in [0.717, 1.165) is 25.7 Å². The van der Waals surface area contributed by atoms with Crippen molar-refractivity contribution in [3.8, 4) is 11.4 Å². The topological polar surface area (TPSA) is 84.7 Å². The summed E-state index contributed by atoms with van der Waals surface area (Å²) in [6, 6.07) is 6.42. The Morgan fingerprint density at radius 1 is 1.27 bits per heavy atom. The minimum Gasteiger partial charge on any atom is -0.508 e. The number of phenols is 1. The quantitative estimate of drug-likeness (QED) is 0.713. The third kappa shape index (κ3) is 4.66. The van der Waals surface area contributed by atoms with E-state index in [1.54, 1.807) is 42.3 Å². The molecule has 1 aromatic carbocycles. The molecule has 1 fully saturated rings. The highest BCUT2D eigenvalue weighted by atomic mass is 16.5. The van der Waals surface area contributed by atoms with Crippen LogP contribution in [0.4, 0.5) is 5.82 Å². The predicted octanol–water partition coefficient (Wildman–Crippen LogP) is 4.32. The van der Waals surface area contributed by atoms with Crippen molar-refractivity contribution in [1.82, 2.24) is 9.78 Å². The average molecular weight is 414 g/mol. The molecule has 2 aromatic rings. The van der Waals surface area contributed by atoms with Gasteiger partial charge in [-0.15, -0.1) is 5.10 Å². The number of aromatic hydroxyl groups is 1. The molecular formula is C23H31N3O4. The molecule has 0 atom stereocenters. The molecule has 162 valence electrons. The summed E-state index contributed by atoms with van der Waals surface area (Å²) in [5.41, 5.74) is 0.834. The van der Waals surface area contributed by atoms with Crippen LogP contribution in [0.2, 0.25) is 0 Å². The fraction of sp³-hybridized carbons (Fsp3) is 0.522. The number of ether oxygens (including phenoxy) is 1. The molecule has 0 spiro atoms. The first-order valence-electron chi connectivity index (χ1n) is 10.7. The van der Waals surface area contributed by atoms with E-state index >= 15 is 0 Å². The number of benzene rings is 1. The number of nitrogens with zero attached hydrogens (tertiary/aromatic N) is 3. The molecule has 1 aliphatic rings. The molecule has 1 heterocycles. The maximum atomic E-state index is 13.5. The van der Waals surface area contributed by atoms with Crippen LogP contribution in [0, 0.1) is 11.8 Å². The van der Waals surface area contributed by atoms with Gasteiger partial charge in [0.25, 0.3) is 0 Å². The van der Waals surface area contributed by atoms with Crippen molar-refractivity contribution in [2.75, 3.05) is 11.5 Å². The zero-order chi connectivity index (χ0) is 21.8. The van der Waals surface area contributed by atoms with E-state index in [9.17, 15) is 14.7 Å². The largest absolute Gasteiger partial charge is 0.508 e. The van der Waals surface area contributed by atoms with Gasteiger partial charge in [0.15, 0.2) is 5.82 Å². The second-order valence-electron chi connectivity index (χ2n) is 8.31. The molecule has 1 saturated carbocycles. The van der Waals surface area contributed by atoms with Crippen LogP contribution in [0.15, 0.2) is 30.5 Å². The van der Waals surface area contributed by atoms with E-state index in [2.05, 4.69) is 12.0 Å². The molecule has 30 heavy (non-hydrogen) atoms. The first-order valence-corrected chi connectivity index (χ1v) is 10.7. The summed E-state index contributed by atoms with van der Waals surface area (Å²) in [5, 5.41) is 14.4. The standard InChI is InChI=1S/C23H31N3O4/c1-5-30-23(29)20-14-25(18-7-6-8-19(27)13-18)24-21(20)26(15(2)3)22(28)17-11-9-16(4)10-12-17/h6-8,13-17,27H,5,9-12H2,1-4H3/t16-,17-. The smallest absolute Gasteiger partial charge is 0.343 e. The minimum absolute atomic E-state index is 0.00334. The molecule has 1 amide bonds. The van der Waals surface area contributed by atoms with Gasteiger partial charge in [-0.2, -0.15) is 0 Å². The maximum absolute atomic E-state index is 13.5. The zero-order valence-electron chi connectivity index (χ0n) is 18.2. The van der Waals surface area contributed by atoms with Crippen LogP contribution in [0.25, 0.3) is 5.69 Å². The van der Waals surface area contributed by atoms with Gasteiger partial charge in [-0.1, -0.05) is 13.0 Å². The van der Waals surface area contributed by atoms with Gasteiger partial charge >= 0.3 is 5.97 Å². The molecular weight excluding hydrogens is 382 g/mol. The minimum atomic E-state index is -0.519. The number of esters is 1. The first kappa shape index (κ1) is 21.9. The van der Waals surface area contributed by atoms with Crippen molar-refractivity contribution in [2.45, 2.75) is 59.4 Å². The van der Waals surface area contributed by atoms with Gasteiger partial charge in [0.05, 0.1) is 12.3 Å². The molecule has 1 aromatic heterocycles. The Morgan fingerprint density at radius 2 is 1.97 bits per heavy atom. The van der Waals surface area contributed by atoms with E-state index < -0.39 is 5.97 Å². The Morgan fingerprint density at radius 3 is 2.57 bits per heavy atom. The first-order chi connectivity index (χ1) is 14.3. The second-order valence-corrected chi connectivity index (χ2v) is 8.31. The summed E-state index contributed by atoms with van der Waals surface area (Å²) in [5.74, 6) is 0.454. The van der Waals surface area contributed by atoms with Crippen molar-refractivity contribution in [1.29, 1.82) is 0 Å². The highest BCUT2D eigenvalue weighted by Crippen LogP contribution is 2.33. The van der Waals surface area contributed by atoms with Crippen LogP contribution in [0.3, 0.4) is 0 Å². The third-order valence-electron chi connectivity index (χ3n) is 5.63. The van der Waals surface area contributed by atoms with Gasteiger partial charge in [-0.3, -0.25) is 9.69 Å². The summed E-state index contributed by atoms with van der Waals surface area (Å²) in [7, 11) is 0. The molecule has 1 N–H and O–H groups in total. The Bertz CT molecular complexity index is 898. The monoisotopic (exact) mass is 413 g/mol. The summed E-state index contributed by atoms with van der Waals surface area (Å²) < 4.78 is 6.74. The summed E-state index contributed by atoms with van der Waals surface area (Å²) >= 11 is 0. The van der Waals surface area contributed by atoms with Crippen LogP contribution in [-0.4, -0.2) is 39.4 Å². The number of phenolic OH excluding ortho intramolecular Hbond substituents is 1. The van der Waals surface area contributed by atoms with E-state index in [4.69, 9.17) is 4.74 Å². The van der Waals surface area contributed by atoms with E-state index in [0.29, 0.717) is 17.4 Å². The van der Waals surface area contributed by atoms with Crippen LogP contribution in [0.5, 0.6) is 5.75 Å². The van der Waals surface area contributed by atoms with Crippen LogP contribution < -0.4 is 4.90 Å².